The predicted molar refractivity (Wildman–Crippen MR) is 84.6 cm³/mol. The Hall–Kier alpha value is -1.85. The van der Waals surface area contributed by atoms with Crippen LogP contribution in [0.5, 0.6) is 0 Å². The second kappa shape index (κ2) is 7.88. The Morgan fingerprint density at radius 1 is 1.00 bits per heavy atom. The van der Waals surface area contributed by atoms with Crippen molar-refractivity contribution in [2.75, 3.05) is 5.75 Å². The van der Waals surface area contributed by atoms with Crippen molar-refractivity contribution >= 4 is 15.8 Å². The van der Waals surface area contributed by atoms with Crippen LogP contribution < -0.4 is 0 Å². The van der Waals surface area contributed by atoms with E-state index in [2.05, 4.69) is 0 Å². The standard InChI is InChI=1S/C16H17F7O4S/c1-3-5-8-28(26,27)12-9(4-2)10(13(24)25)6-7-11(12)14(17,15(18,19)20)16(21,22)23/h6-7H,3-5,8H2,1-2H3,(H,24,25). The average Bonchev–Trinajstić information content (AvgIpc) is 2.55. The van der Waals surface area contributed by atoms with Gasteiger partial charge in [-0.25, -0.2) is 17.6 Å². The largest absolute Gasteiger partial charge is 0.478 e. The molecular weight excluding hydrogens is 421 g/mol. The lowest BCUT2D eigenvalue weighted by Gasteiger charge is -2.32. The third-order valence-electron chi connectivity index (χ3n) is 4.07. The Morgan fingerprint density at radius 2 is 1.50 bits per heavy atom. The van der Waals surface area contributed by atoms with Crippen molar-refractivity contribution < 1.29 is 49.1 Å². The first-order valence-electron chi connectivity index (χ1n) is 8.01. The quantitative estimate of drug-likeness (QED) is 0.621. The van der Waals surface area contributed by atoms with E-state index in [1.165, 1.54) is 6.92 Å². The highest BCUT2D eigenvalue weighted by molar-refractivity contribution is 7.91. The number of aromatic carboxylic acids is 1. The number of carboxylic acids is 1. The molecule has 0 saturated heterocycles. The zero-order chi connectivity index (χ0) is 22.1. The Morgan fingerprint density at radius 3 is 1.86 bits per heavy atom. The fraction of sp³-hybridized carbons (Fsp3) is 0.562. The lowest BCUT2D eigenvalue weighted by Crippen LogP contribution is -2.51. The third kappa shape index (κ3) is 4.11. The van der Waals surface area contributed by atoms with Crippen molar-refractivity contribution in [2.45, 2.75) is 56.0 Å². The minimum Gasteiger partial charge on any atom is -0.478 e. The van der Waals surface area contributed by atoms with Crippen molar-refractivity contribution in [3.8, 4) is 0 Å². The Bertz CT molecular complexity index is 828. The molecule has 4 nitrogen and oxygen atoms in total. The van der Waals surface area contributed by atoms with Crippen LogP contribution in [-0.2, 0) is 21.9 Å². The van der Waals surface area contributed by atoms with Crippen molar-refractivity contribution in [1.29, 1.82) is 0 Å². The number of carboxylic acid groups (broad SMARTS) is 1. The van der Waals surface area contributed by atoms with Gasteiger partial charge in [-0.05, 0) is 24.5 Å². The van der Waals surface area contributed by atoms with Gasteiger partial charge in [-0.15, -0.1) is 0 Å². The highest BCUT2D eigenvalue weighted by atomic mass is 32.2. The molecule has 12 heteroatoms. The Kier molecular flexibility index (Phi) is 6.81. The first-order chi connectivity index (χ1) is 12.6. The lowest BCUT2D eigenvalue weighted by molar-refractivity contribution is -0.349. The molecule has 0 atom stereocenters. The zero-order valence-corrected chi connectivity index (χ0v) is 15.5. The summed E-state index contributed by atoms with van der Waals surface area (Å²) in [5.74, 6) is -2.63. The van der Waals surface area contributed by atoms with E-state index in [-0.39, 0.29) is 18.9 Å². The van der Waals surface area contributed by atoms with E-state index in [1.54, 1.807) is 0 Å². The molecule has 0 aliphatic heterocycles. The number of alkyl halides is 7. The first-order valence-corrected chi connectivity index (χ1v) is 9.66. The molecule has 0 spiro atoms. The summed E-state index contributed by atoms with van der Waals surface area (Å²) in [4.78, 5) is 9.73. The van der Waals surface area contributed by atoms with Crippen LogP contribution in [0.25, 0.3) is 0 Å². The summed E-state index contributed by atoms with van der Waals surface area (Å²) >= 11 is 0. The molecular formula is C16H17F7O4S. The van der Waals surface area contributed by atoms with Gasteiger partial charge in [-0.2, -0.15) is 26.3 Å². The first kappa shape index (κ1) is 24.2. The molecule has 160 valence electrons. The van der Waals surface area contributed by atoms with Gasteiger partial charge in [-0.1, -0.05) is 26.3 Å². The van der Waals surface area contributed by atoms with E-state index in [9.17, 15) is 43.9 Å². The number of hydrogen-bond acceptors (Lipinski definition) is 3. The van der Waals surface area contributed by atoms with Gasteiger partial charge in [0.05, 0.1) is 16.2 Å². The minimum atomic E-state index is -6.53. The molecule has 28 heavy (non-hydrogen) atoms. The van der Waals surface area contributed by atoms with Crippen molar-refractivity contribution in [3.05, 3.63) is 28.8 Å². The van der Waals surface area contributed by atoms with E-state index in [1.807, 2.05) is 0 Å². The van der Waals surface area contributed by atoms with Gasteiger partial charge in [0.2, 0.25) is 0 Å². The molecule has 0 bridgehead atoms. The molecule has 0 unspecified atom stereocenters. The van der Waals surface area contributed by atoms with Crippen LogP contribution >= 0.6 is 0 Å². The van der Waals surface area contributed by atoms with E-state index < -0.39 is 67.6 Å². The number of hydrogen-bond donors (Lipinski definition) is 1. The maximum atomic E-state index is 14.6. The summed E-state index contributed by atoms with van der Waals surface area (Å²) in [5.41, 5.74) is -9.79. The zero-order valence-electron chi connectivity index (χ0n) is 14.7. The number of sulfone groups is 1. The molecule has 0 saturated carbocycles. The number of carbonyl (C=O) groups is 1. The smallest absolute Gasteiger partial charge is 0.435 e. The number of rotatable bonds is 7. The second-order valence-electron chi connectivity index (χ2n) is 5.95. The van der Waals surface area contributed by atoms with Crippen molar-refractivity contribution in [1.82, 2.24) is 0 Å². The maximum absolute atomic E-state index is 14.6. The molecule has 1 aromatic rings. The highest BCUT2D eigenvalue weighted by Crippen LogP contribution is 2.55. The minimum absolute atomic E-state index is 0.0670. The van der Waals surface area contributed by atoms with Crippen LogP contribution in [0, 0.1) is 0 Å². The number of benzene rings is 1. The van der Waals surface area contributed by atoms with E-state index in [0.717, 1.165) is 6.92 Å². The molecule has 1 aromatic carbocycles. The molecule has 0 aliphatic rings. The Labute approximate surface area is 156 Å². The van der Waals surface area contributed by atoms with E-state index in [0.29, 0.717) is 6.07 Å². The fourth-order valence-electron chi connectivity index (χ4n) is 2.71. The van der Waals surface area contributed by atoms with Gasteiger partial charge in [0.15, 0.2) is 9.84 Å². The van der Waals surface area contributed by atoms with Gasteiger partial charge in [-0.3, -0.25) is 0 Å². The summed E-state index contributed by atoms with van der Waals surface area (Å²) < 4.78 is 119. The fourth-order valence-corrected chi connectivity index (χ4v) is 4.75. The van der Waals surface area contributed by atoms with Gasteiger partial charge in [0.1, 0.15) is 0 Å². The average molecular weight is 438 g/mol. The summed E-state index contributed by atoms with van der Waals surface area (Å²) in [6.07, 6.45) is -13.5. The normalized spacial score (nSPS) is 13.6. The van der Waals surface area contributed by atoms with Crippen LogP contribution in [-0.4, -0.2) is 37.6 Å². The van der Waals surface area contributed by atoms with Gasteiger partial charge < -0.3 is 5.11 Å². The molecule has 0 amide bonds. The van der Waals surface area contributed by atoms with Crippen LogP contribution in [0.15, 0.2) is 17.0 Å². The van der Waals surface area contributed by atoms with Crippen LogP contribution in [0.4, 0.5) is 30.7 Å². The summed E-state index contributed by atoms with van der Waals surface area (Å²) in [6.45, 7) is 2.67. The highest BCUT2D eigenvalue weighted by Gasteiger charge is 2.74. The number of halogens is 7. The van der Waals surface area contributed by atoms with Crippen LogP contribution in [0.2, 0.25) is 0 Å². The molecule has 0 aliphatic carbocycles. The Balaban J connectivity index is 4.14. The molecule has 1 N–H and O–H groups in total. The molecule has 0 radical (unpaired) electrons. The van der Waals surface area contributed by atoms with Gasteiger partial charge in [0.25, 0.3) is 0 Å². The molecule has 0 fully saturated rings. The van der Waals surface area contributed by atoms with Gasteiger partial charge >= 0.3 is 24.0 Å². The topological polar surface area (TPSA) is 71.4 Å². The van der Waals surface area contributed by atoms with Crippen molar-refractivity contribution in [3.63, 3.8) is 0 Å². The molecule has 1 rings (SSSR count). The summed E-state index contributed by atoms with van der Waals surface area (Å²) in [5, 5.41) is 9.14. The van der Waals surface area contributed by atoms with E-state index >= 15 is 0 Å². The SMILES string of the molecule is CCCCS(=O)(=O)c1c(C(F)(C(F)(F)F)C(F)(F)F)ccc(C(=O)O)c1CC. The van der Waals surface area contributed by atoms with Gasteiger partial charge in [0, 0.05) is 5.56 Å². The number of unbranched alkanes of at least 4 members (excludes halogenated alkanes) is 1. The second-order valence-corrected chi connectivity index (χ2v) is 8.00. The summed E-state index contributed by atoms with van der Waals surface area (Å²) in [7, 11) is -4.86. The van der Waals surface area contributed by atoms with Crippen LogP contribution in [0.1, 0.15) is 48.2 Å². The summed E-state index contributed by atoms with van der Waals surface area (Å²) in [6, 6.07) is 0.281. The predicted octanol–water partition coefficient (Wildman–Crippen LogP) is 4.81. The molecule has 0 heterocycles. The van der Waals surface area contributed by atoms with E-state index in [4.69, 9.17) is 5.11 Å². The monoisotopic (exact) mass is 438 g/mol. The lowest BCUT2D eigenvalue weighted by atomic mass is 9.90. The molecule has 0 aromatic heterocycles. The van der Waals surface area contributed by atoms with Crippen LogP contribution in [0.3, 0.4) is 0 Å². The maximum Gasteiger partial charge on any atom is 0.435 e. The third-order valence-corrected chi connectivity index (χ3v) is 5.99. The van der Waals surface area contributed by atoms with Crippen molar-refractivity contribution in [2.24, 2.45) is 0 Å².